The number of likely N-dealkylation sites (tertiary alicyclic amines) is 1. The molecule has 0 saturated carbocycles. The Kier molecular flexibility index (Phi) is 7.21. The minimum absolute atomic E-state index is 0.136. The molecule has 1 rings (SSSR count). The van der Waals surface area contributed by atoms with Gasteiger partial charge in [-0.3, -0.25) is 4.79 Å². The number of hydrogen-bond acceptors (Lipinski definition) is 3. The Morgan fingerprint density at radius 2 is 2.00 bits per heavy atom. The van der Waals surface area contributed by atoms with Crippen molar-refractivity contribution >= 4 is 5.91 Å². The quantitative estimate of drug-likeness (QED) is 0.649. The van der Waals surface area contributed by atoms with E-state index in [0.717, 1.165) is 26.1 Å². The highest BCUT2D eigenvalue weighted by Gasteiger charge is 2.18. The van der Waals surface area contributed by atoms with Gasteiger partial charge in [-0.15, -0.1) is 0 Å². The monoisotopic (exact) mass is 241 g/mol. The molecule has 0 aromatic carbocycles. The van der Waals surface area contributed by atoms with E-state index in [4.69, 9.17) is 0 Å². The van der Waals surface area contributed by atoms with Gasteiger partial charge in [0.15, 0.2) is 0 Å². The molecule has 0 bridgehead atoms. The van der Waals surface area contributed by atoms with E-state index in [9.17, 15) is 4.79 Å². The predicted octanol–water partition coefficient (Wildman–Crippen LogP) is 0.834. The van der Waals surface area contributed by atoms with Gasteiger partial charge in [-0.05, 0) is 51.4 Å². The fraction of sp³-hybridized carbons (Fsp3) is 0.923. The van der Waals surface area contributed by atoms with Crippen molar-refractivity contribution in [1.29, 1.82) is 0 Å². The number of carbonyl (C=O) groups excluding carboxylic acids is 1. The first kappa shape index (κ1) is 14.5. The van der Waals surface area contributed by atoms with Crippen molar-refractivity contribution in [3.63, 3.8) is 0 Å². The molecule has 4 nitrogen and oxygen atoms in total. The molecule has 0 aromatic rings. The van der Waals surface area contributed by atoms with Crippen LogP contribution in [0.4, 0.5) is 0 Å². The minimum atomic E-state index is 0.136. The van der Waals surface area contributed by atoms with E-state index < -0.39 is 0 Å². The first-order valence-electron chi connectivity index (χ1n) is 6.96. The highest BCUT2D eigenvalue weighted by atomic mass is 16.1. The lowest BCUT2D eigenvalue weighted by molar-refractivity contribution is -0.120. The number of carbonyl (C=O) groups is 1. The average Bonchev–Trinajstić information content (AvgIpc) is 2.37. The first-order valence-corrected chi connectivity index (χ1v) is 6.96. The van der Waals surface area contributed by atoms with Crippen molar-refractivity contribution in [2.75, 3.05) is 39.3 Å². The zero-order valence-electron chi connectivity index (χ0n) is 11.3. The van der Waals surface area contributed by atoms with Crippen molar-refractivity contribution < 1.29 is 4.79 Å². The fourth-order valence-electron chi connectivity index (χ4n) is 2.21. The molecule has 1 aliphatic heterocycles. The van der Waals surface area contributed by atoms with Crippen molar-refractivity contribution in [3.05, 3.63) is 0 Å². The molecular formula is C13H27N3O. The van der Waals surface area contributed by atoms with E-state index in [-0.39, 0.29) is 5.91 Å². The second kappa shape index (κ2) is 8.48. The molecule has 0 spiro atoms. The highest BCUT2D eigenvalue weighted by molar-refractivity contribution is 5.77. The molecule has 1 fully saturated rings. The van der Waals surface area contributed by atoms with Gasteiger partial charge in [0.1, 0.15) is 0 Å². The Bertz CT molecular complexity index is 213. The van der Waals surface area contributed by atoms with Gasteiger partial charge in [0, 0.05) is 6.54 Å². The van der Waals surface area contributed by atoms with Gasteiger partial charge in [-0.2, -0.15) is 0 Å². The molecule has 1 amide bonds. The Hall–Kier alpha value is -0.610. The smallest absolute Gasteiger partial charge is 0.233 e. The Morgan fingerprint density at radius 1 is 1.29 bits per heavy atom. The zero-order chi connectivity index (χ0) is 12.5. The molecule has 100 valence electrons. The van der Waals surface area contributed by atoms with Crippen LogP contribution >= 0.6 is 0 Å². The maximum Gasteiger partial charge on any atom is 0.233 e. The van der Waals surface area contributed by atoms with Gasteiger partial charge in [0.2, 0.25) is 5.91 Å². The summed E-state index contributed by atoms with van der Waals surface area (Å²) in [7, 11) is 0. The Balaban J connectivity index is 2.04. The summed E-state index contributed by atoms with van der Waals surface area (Å²) in [5.41, 5.74) is 0. The number of rotatable bonds is 7. The molecule has 0 unspecified atom stereocenters. The van der Waals surface area contributed by atoms with E-state index in [2.05, 4.69) is 29.4 Å². The molecule has 1 saturated heterocycles. The van der Waals surface area contributed by atoms with E-state index in [1.807, 2.05) is 0 Å². The van der Waals surface area contributed by atoms with E-state index in [0.29, 0.717) is 12.5 Å². The summed E-state index contributed by atoms with van der Waals surface area (Å²) >= 11 is 0. The standard InChI is InChI=1S/C13H27N3O/c1-3-7-14-11-13(17)15-10-12-5-8-16(4-2)9-6-12/h12,14H,3-11H2,1-2H3,(H,15,17). The number of amides is 1. The second-order valence-electron chi connectivity index (χ2n) is 4.86. The maximum atomic E-state index is 11.5. The topological polar surface area (TPSA) is 44.4 Å². The Morgan fingerprint density at radius 3 is 2.59 bits per heavy atom. The van der Waals surface area contributed by atoms with Crippen molar-refractivity contribution in [2.24, 2.45) is 5.92 Å². The zero-order valence-corrected chi connectivity index (χ0v) is 11.3. The van der Waals surface area contributed by atoms with Crippen LogP contribution in [0, 0.1) is 5.92 Å². The minimum Gasteiger partial charge on any atom is -0.355 e. The van der Waals surface area contributed by atoms with Crippen LogP contribution in [0.1, 0.15) is 33.1 Å². The number of hydrogen-bond donors (Lipinski definition) is 2. The van der Waals surface area contributed by atoms with Crippen LogP contribution in [0.25, 0.3) is 0 Å². The van der Waals surface area contributed by atoms with Crippen LogP contribution in [-0.2, 0) is 4.79 Å². The predicted molar refractivity (Wildman–Crippen MR) is 71.0 cm³/mol. The van der Waals surface area contributed by atoms with Gasteiger partial charge < -0.3 is 15.5 Å². The summed E-state index contributed by atoms with van der Waals surface area (Å²) in [5.74, 6) is 0.810. The summed E-state index contributed by atoms with van der Waals surface area (Å²) in [6.07, 6.45) is 3.51. The third-order valence-electron chi connectivity index (χ3n) is 3.45. The van der Waals surface area contributed by atoms with Crippen LogP contribution in [0.2, 0.25) is 0 Å². The fourth-order valence-corrected chi connectivity index (χ4v) is 2.21. The van der Waals surface area contributed by atoms with Gasteiger partial charge >= 0.3 is 0 Å². The SMILES string of the molecule is CCCNCC(=O)NCC1CCN(CC)CC1. The summed E-state index contributed by atoms with van der Waals surface area (Å²) in [6.45, 7) is 10.1. The number of nitrogens with zero attached hydrogens (tertiary/aromatic N) is 1. The normalized spacial score (nSPS) is 18.2. The molecule has 2 N–H and O–H groups in total. The van der Waals surface area contributed by atoms with Gasteiger partial charge in [-0.25, -0.2) is 0 Å². The number of nitrogens with one attached hydrogen (secondary N) is 2. The van der Waals surface area contributed by atoms with Crippen molar-refractivity contribution in [3.8, 4) is 0 Å². The second-order valence-corrected chi connectivity index (χ2v) is 4.86. The molecule has 1 heterocycles. The van der Waals surface area contributed by atoms with Crippen molar-refractivity contribution in [2.45, 2.75) is 33.1 Å². The van der Waals surface area contributed by atoms with Crippen LogP contribution in [0.15, 0.2) is 0 Å². The molecular weight excluding hydrogens is 214 g/mol. The molecule has 0 aromatic heterocycles. The summed E-state index contributed by atoms with van der Waals surface area (Å²) in [5, 5.41) is 6.14. The molecule has 0 radical (unpaired) electrons. The highest BCUT2D eigenvalue weighted by Crippen LogP contribution is 2.15. The third kappa shape index (κ3) is 6.03. The molecule has 0 atom stereocenters. The lowest BCUT2D eigenvalue weighted by atomic mass is 9.97. The molecule has 17 heavy (non-hydrogen) atoms. The summed E-state index contributed by atoms with van der Waals surface area (Å²) in [6, 6.07) is 0. The number of piperidine rings is 1. The summed E-state index contributed by atoms with van der Waals surface area (Å²) < 4.78 is 0. The molecule has 1 aliphatic rings. The van der Waals surface area contributed by atoms with Gasteiger partial charge in [0.25, 0.3) is 0 Å². The van der Waals surface area contributed by atoms with Crippen LogP contribution in [0.5, 0.6) is 0 Å². The summed E-state index contributed by atoms with van der Waals surface area (Å²) in [4.78, 5) is 14.0. The lowest BCUT2D eigenvalue weighted by Gasteiger charge is -2.31. The maximum absolute atomic E-state index is 11.5. The Labute approximate surface area is 105 Å². The molecule has 4 heteroatoms. The van der Waals surface area contributed by atoms with Crippen LogP contribution in [-0.4, -0.2) is 50.1 Å². The first-order chi connectivity index (χ1) is 8.26. The van der Waals surface area contributed by atoms with E-state index in [1.165, 1.54) is 25.9 Å². The lowest BCUT2D eigenvalue weighted by Crippen LogP contribution is -2.40. The van der Waals surface area contributed by atoms with Crippen LogP contribution in [0.3, 0.4) is 0 Å². The largest absolute Gasteiger partial charge is 0.355 e. The van der Waals surface area contributed by atoms with Gasteiger partial charge in [0.05, 0.1) is 6.54 Å². The van der Waals surface area contributed by atoms with E-state index >= 15 is 0 Å². The van der Waals surface area contributed by atoms with Crippen molar-refractivity contribution in [1.82, 2.24) is 15.5 Å². The average molecular weight is 241 g/mol. The van der Waals surface area contributed by atoms with Gasteiger partial charge in [-0.1, -0.05) is 13.8 Å². The van der Waals surface area contributed by atoms with E-state index in [1.54, 1.807) is 0 Å². The van der Waals surface area contributed by atoms with Crippen LogP contribution < -0.4 is 10.6 Å². The molecule has 0 aliphatic carbocycles. The third-order valence-corrected chi connectivity index (χ3v) is 3.45.